The van der Waals surface area contributed by atoms with E-state index < -0.39 is 0 Å². The summed E-state index contributed by atoms with van der Waals surface area (Å²) in [6, 6.07) is 5.15. The highest BCUT2D eigenvalue weighted by Gasteiger charge is 2.18. The van der Waals surface area contributed by atoms with Crippen LogP contribution in [0.15, 0.2) is 18.2 Å². The van der Waals surface area contributed by atoms with Crippen molar-refractivity contribution in [3.8, 4) is 5.75 Å². The van der Waals surface area contributed by atoms with E-state index >= 15 is 0 Å². The molecular weight excluding hydrogens is 217 g/mol. The SMILES string of the molecule is CC(CN)c1ccc(OCC2CCC2)c(F)c1. The van der Waals surface area contributed by atoms with Crippen LogP contribution in [0.1, 0.15) is 37.7 Å². The molecule has 0 radical (unpaired) electrons. The second-order valence-electron chi connectivity index (χ2n) is 4.93. The Labute approximate surface area is 102 Å². The van der Waals surface area contributed by atoms with E-state index in [4.69, 9.17) is 10.5 Å². The first kappa shape index (κ1) is 12.4. The Hall–Kier alpha value is -1.09. The van der Waals surface area contributed by atoms with Gasteiger partial charge in [0.05, 0.1) is 6.61 Å². The molecule has 2 nitrogen and oxygen atoms in total. The zero-order valence-electron chi connectivity index (χ0n) is 10.3. The minimum absolute atomic E-state index is 0.185. The molecule has 1 fully saturated rings. The maximum absolute atomic E-state index is 13.8. The van der Waals surface area contributed by atoms with Crippen molar-refractivity contribution in [2.75, 3.05) is 13.2 Å². The summed E-state index contributed by atoms with van der Waals surface area (Å²) in [4.78, 5) is 0. The summed E-state index contributed by atoms with van der Waals surface area (Å²) in [5.41, 5.74) is 6.49. The standard InChI is InChI=1S/C14H20FNO/c1-10(8-16)12-5-6-14(13(15)7-12)17-9-11-3-2-4-11/h5-7,10-11H,2-4,8-9,16H2,1H3. The number of halogens is 1. The summed E-state index contributed by atoms with van der Waals surface area (Å²) in [5, 5.41) is 0. The monoisotopic (exact) mass is 237 g/mol. The van der Waals surface area contributed by atoms with Gasteiger partial charge in [-0.25, -0.2) is 4.39 Å². The third kappa shape index (κ3) is 2.97. The average molecular weight is 237 g/mol. The van der Waals surface area contributed by atoms with E-state index in [0.717, 1.165) is 5.56 Å². The van der Waals surface area contributed by atoms with Crippen LogP contribution in [-0.2, 0) is 0 Å². The Balaban J connectivity index is 1.97. The highest BCUT2D eigenvalue weighted by atomic mass is 19.1. The van der Waals surface area contributed by atoms with E-state index in [2.05, 4.69) is 0 Å². The molecule has 0 amide bonds. The summed E-state index contributed by atoms with van der Waals surface area (Å²) >= 11 is 0. The van der Waals surface area contributed by atoms with Gasteiger partial charge in [-0.15, -0.1) is 0 Å². The maximum Gasteiger partial charge on any atom is 0.165 e. The van der Waals surface area contributed by atoms with E-state index in [1.165, 1.54) is 25.3 Å². The van der Waals surface area contributed by atoms with Crippen molar-refractivity contribution in [2.24, 2.45) is 11.7 Å². The molecule has 1 aromatic carbocycles. The van der Waals surface area contributed by atoms with Crippen LogP contribution >= 0.6 is 0 Å². The van der Waals surface area contributed by atoms with E-state index in [1.54, 1.807) is 6.07 Å². The molecule has 3 heteroatoms. The molecule has 0 aromatic heterocycles. The zero-order valence-corrected chi connectivity index (χ0v) is 10.3. The van der Waals surface area contributed by atoms with Gasteiger partial charge in [-0.05, 0) is 48.9 Å². The minimum atomic E-state index is -0.276. The maximum atomic E-state index is 13.8. The Bertz CT molecular complexity index is 376. The molecule has 0 bridgehead atoms. The van der Waals surface area contributed by atoms with Gasteiger partial charge in [0.15, 0.2) is 11.6 Å². The van der Waals surface area contributed by atoms with Gasteiger partial charge in [0.25, 0.3) is 0 Å². The van der Waals surface area contributed by atoms with Crippen LogP contribution in [0.5, 0.6) is 5.75 Å². The molecule has 2 N–H and O–H groups in total. The Morgan fingerprint density at radius 3 is 2.76 bits per heavy atom. The van der Waals surface area contributed by atoms with E-state index in [1.807, 2.05) is 13.0 Å². The van der Waals surface area contributed by atoms with Gasteiger partial charge in [0, 0.05) is 0 Å². The van der Waals surface area contributed by atoms with Gasteiger partial charge < -0.3 is 10.5 Å². The van der Waals surface area contributed by atoms with E-state index in [0.29, 0.717) is 24.8 Å². The number of rotatable bonds is 5. The van der Waals surface area contributed by atoms with Crippen LogP contribution in [0.25, 0.3) is 0 Å². The number of benzene rings is 1. The molecule has 0 heterocycles. The third-order valence-corrected chi connectivity index (χ3v) is 3.58. The molecule has 0 saturated heterocycles. The lowest BCUT2D eigenvalue weighted by molar-refractivity contribution is 0.175. The molecule has 1 saturated carbocycles. The second kappa shape index (κ2) is 5.50. The quantitative estimate of drug-likeness (QED) is 0.854. The number of hydrogen-bond donors (Lipinski definition) is 1. The second-order valence-corrected chi connectivity index (χ2v) is 4.93. The molecule has 17 heavy (non-hydrogen) atoms. The van der Waals surface area contributed by atoms with Crippen molar-refractivity contribution < 1.29 is 9.13 Å². The Kier molecular flexibility index (Phi) is 4.00. The lowest BCUT2D eigenvalue weighted by atomic mass is 9.86. The first-order valence-corrected chi connectivity index (χ1v) is 6.33. The van der Waals surface area contributed by atoms with E-state index in [-0.39, 0.29) is 11.7 Å². The highest BCUT2D eigenvalue weighted by molar-refractivity contribution is 5.31. The Morgan fingerprint density at radius 1 is 1.47 bits per heavy atom. The van der Waals surface area contributed by atoms with Gasteiger partial charge in [0.2, 0.25) is 0 Å². The molecule has 0 spiro atoms. The Morgan fingerprint density at radius 2 is 2.24 bits per heavy atom. The van der Waals surface area contributed by atoms with Crippen molar-refractivity contribution in [2.45, 2.75) is 32.1 Å². The first-order valence-electron chi connectivity index (χ1n) is 6.33. The molecule has 1 atom stereocenters. The zero-order chi connectivity index (χ0) is 12.3. The van der Waals surface area contributed by atoms with Crippen molar-refractivity contribution in [1.82, 2.24) is 0 Å². The normalized spacial score (nSPS) is 17.6. The molecule has 1 aliphatic rings. The fourth-order valence-corrected chi connectivity index (χ4v) is 1.94. The van der Waals surface area contributed by atoms with E-state index in [9.17, 15) is 4.39 Å². The van der Waals surface area contributed by atoms with Gasteiger partial charge >= 0.3 is 0 Å². The summed E-state index contributed by atoms with van der Waals surface area (Å²) in [5.74, 6) is 0.897. The summed E-state index contributed by atoms with van der Waals surface area (Å²) in [6.45, 7) is 3.16. The summed E-state index contributed by atoms with van der Waals surface area (Å²) < 4.78 is 19.3. The summed E-state index contributed by atoms with van der Waals surface area (Å²) in [7, 11) is 0. The van der Waals surface area contributed by atoms with Crippen LogP contribution in [0.2, 0.25) is 0 Å². The number of ether oxygens (including phenoxy) is 1. The highest BCUT2D eigenvalue weighted by Crippen LogP contribution is 2.28. The van der Waals surface area contributed by atoms with Crippen LogP contribution in [0.4, 0.5) is 4.39 Å². The molecule has 1 unspecified atom stereocenters. The number of hydrogen-bond acceptors (Lipinski definition) is 2. The third-order valence-electron chi connectivity index (χ3n) is 3.58. The molecule has 2 rings (SSSR count). The molecular formula is C14H20FNO. The van der Waals surface area contributed by atoms with Crippen molar-refractivity contribution in [3.63, 3.8) is 0 Å². The topological polar surface area (TPSA) is 35.2 Å². The lowest BCUT2D eigenvalue weighted by Gasteiger charge is -2.25. The van der Waals surface area contributed by atoms with Crippen LogP contribution in [0.3, 0.4) is 0 Å². The minimum Gasteiger partial charge on any atom is -0.490 e. The summed E-state index contributed by atoms with van der Waals surface area (Å²) in [6.07, 6.45) is 3.71. The lowest BCUT2D eigenvalue weighted by Crippen LogP contribution is -2.19. The van der Waals surface area contributed by atoms with Crippen LogP contribution in [0, 0.1) is 11.7 Å². The van der Waals surface area contributed by atoms with Gasteiger partial charge in [-0.1, -0.05) is 19.4 Å². The predicted molar refractivity (Wildman–Crippen MR) is 66.7 cm³/mol. The first-order chi connectivity index (χ1) is 8.20. The van der Waals surface area contributed by atoms with Crippen molar-refractivity contribution in [1.29, 1.82) is 0 Å². The fourth-order valence-electron chi connectivity index (χ4n) is 1.94. The number of nitrogens with two attached hydrogens (primary N) is 1. The van der Waals surface area contributed by atoms with Gasteiger partial charge in [0.1, 0.15) is 0 Å². The molecule has 94 valence electrons. The van der Waals surface area contributed by atoms with Crippen molar-refractivity contribution in [3.05, 3.63) is 29.6 Å². The largest absolute Gasteiger partial charge is 0.490 e. The molecule has 1 aromatic rings. The van der Waals surface area contributed by atoms with Crippen molar-refractivity contribution >= 4 is 0 Å². The molecule has 1 aliphatic carbocycles. The molecule has 0 aliphatic heterocycles. The average Bonchev–Trinajstić information content (AvgIpc) is 2.28. The fraction of sp³-hybridized carbons (Fsp3) is 0.571. The van der Waals surface area contributed by atoms with Gasteiger partial charge in [-0.2, -0.15) is 0 Å². The van der Waals surface area contributed by atoms with Crippen LogP contribution in [-0.4, -0.2) is 13.2 Å². The van der Waals surface area contributed by atoms with Gasteiger partial charge in [-0.3, -0.25) is 0 Å². The smallest absolute Gasteiger partial charge is 0.165 e. The predicted octanol–water partition coefficient (Wildman–Crippen LogP) is 3.07. The van der Waals surface area contributed by atoms with Crippen LogP contribution < -0.4 is 10.5 Å².